The van der Waals surface area contributed by atoms with Gasteiger partial charge in [0.1, 0.15) is 6.17 Å². The highest BCUT2D eigenvalue weighted by molar-refractivity contribution is 5.82. The molecule has 2 saturated carbocycles. The minimum Gasteiger partial charge on any atom is -0.352 e. The van der Waals surface area contributed by atoms with Crippen LogP contribution in [0, 0.1) is 17.8 Å². The number of likely N-dealkylation sites (N-methyl/N-ethyl adjacent to an activating group) is 1. The summed E-state index contributed by atoms with van der Waals surface area (Å²) in [5.74, 6) is 1.34. The number of nitrogens with zero attached hydrogens (tertiary/aromatic N) is 2. The topological polar surface area (TPSA) is 47.6 Å². The van der Waals surface area contributed by atoms with E-state index in [0.29, 0.717) is 24.8 Å². The fraction of sp³-hybridized carbons (Fsp3) is 0.957. The lowest BCUT2D eigenvalue weighted by atomic mass is 9.77. The van der Waals surface area contributed by atoms with Crippen molar-refractivity contribution in [3.8, 4) is 0 Å². The number of rotatable bonds is 5. The molecule has 0 aromatic heterocycles. The molecule has 4 aliphatic rings. The van der Waals surface area contributed by atoms with Gasteiger partial charge in [-0.2, -0.15) is 0 Å². The number of piperazine rings is 1. The maximum atomic E-state index is 14.3. The summed E-state index contributed by atoms with van der Waals surface area (Å²) in [5.41, 5.74) is 0. The quantitative estimate of drug-likeness (QED) is 0.734. The number of hydrogen-bond acceptors (Lipinski definition) is 4. The molecule has 2 heterocycles. The van der Waals surface area contributed by atoms with E-state index < -0.39 is 6.17 Å². The van der Waals surface area contributed by atoms with Crippen LogP contribution in [0.4, 0.5) is 4.39 Å². The molecule has 0 bridgehead atoms. The minimum absolute atomic E-state index is 0.0252. The minimum atomic E-state index is -0.741. The Morgan fingerprint density at radius 3 is 2.66 bits per heavy atom. The number of carbonyl (C=O) groups is 1. The zero-order chi connectivity index (χ0) is 20.4. The van der Waals surface area contributed by atoms with Crippen LogP contribution in [-0.2, 0) is 4.79 Å². The maximum absolute atomic E-state index is 14.3. The summed E-state index contributed by atoms with van der Waals surface area (Å²) in [6, 6.07) is 0.281. The molecule has 7 unspecified atom stereocenters. The van der Waals surface area contributed by atoms with Crippen LogP contribution in [0.3, 0.4) is 0 Å². The number of alkyl halides is 1. The third kappa shape index (κ3) is 5.31. The fourth-order valence-corrected chi connectivity index (χ4v) is 6.22. The van der Waals surface area contributed by atoms with Gasteiger partial charge in [-0.3, -0.25) is 4.79 Å². The summed E-state index contributed by atoms with van der Waals surface area (Å²) in [7, 11) is 2.20. The number of nitrogens with one attached hydrogen (secondary N) is 2. The molecule has 0 radical (unpaired) electrons. The molecule has 2 aliphatic carbocycles. The monoisotopic (exact) mass is 408 g/mol. The van der Waals surface area contributed by atoms with Crippen molar-refractivity contribution >= 4 is 5.91 Å². The van der Waals surface area contributed by atoms with E-state index in [1.807, 2.05) is 0 Å². The van der Waals surface area contributed by atoms with Crippen molar-refractivity contribution in [1.82, 2.24) is 20.4 Å². The van der Waals surface area contributed by atoms with E-state index in [4.69, 9.17) is 0 Å². The third-order valence-electron chi connectivity index (χ3n) is 8.23. The zero-order valence-corrected chi connectivity index (χ0v) is 18.4. The molecule has 0 aromatic carbocycles. The van der Waals surface area contributed by atoms with Gasteiger partial charge in [-0.1, -0.05) is 19.8 Å². The third-order valence-corrected chi connectivity index (χ3v) is 8.23. The average Bonchev–Trinajstić information content (AvgIpc) is 3.18. The predicted octanol–water partition coefficient (Wildman–Crippen LogP) is 2.41. The fourth-order valence-electron chi connectivity index (χ4n) is 6.22. The van der Waals surface area contributed by atoms with Crippen LogP contribution in [0.5, 0.6) is 0 Å². The molecular weight excluding hydrogens is 367 g/mol. The molecule has 166 valence electrons. The SMILES string of the molecule is CC1CCC(F)C2CC(C(=O)NC3CCCC(CCN4CCN(C)CC4)C3)NC12. The first-order valence-electron chi connectivity index (χ1n) is 12.1. The first-order valence-corrected chi connectivity index (χ1v) is 12.1. The van der Waals surface area contributed by atoms with Crippen molar-refractivity contribution in [2.45, 2.75) is 82.6 Å². The van der Waals surface area contributed by atoms with Crippen molar-refractivity contribution in [2.24, 2.45) is 17.8 Å². The van der Waals surface area contributed by atoms with E-state index in [1.54, 1.807) is 0 Å². The van der Waals surface area contributed by atoms with Crippen LogP contribution in [-0.4, -0.2) is 79.8 Å². The summed E-state index contributed by atoms with van der Waals surface area (Å²) in [4.78, 5) is 17.9. The van der Waals surface area contributed by atoms with Gasteiger partial charge in [0.15, 0.2) is 0 Å². The molecule has 4 rings (SSSR count). The van der Waals surface area contributed by atoms with E-state index in [1.165, 1.54) is 52.0 Å². The predicted molar refractivity (Wildman–Crippen MR) is 115 cm³/mol. The highest BCUT2D eigenvalue weighted by Gasteiger charge is 2.46. The second kappa shape index (κ2) is 9.61. The van der Waals surface area contributed by atoms with Crippen LogP contribution in [0.15, 0.2) is 0 Å². The summed E-state index contributed by atoms with van der Waals surface area (Å²) < 4.78 is 14.3. The lowest BCUT2D eigenvalue weighted by Gasteiger charge is -2.35. The van der Waals surface area contributed by atoms with Crippen molar-refractivity contribution < 1.29 is 9.18 Å². The van der Waals surface area contributed by atoms with Gasteiger partial charge in [-0.05, 0) is 64.0 Å². The Kier molecular flexibility index (Phi) is 7.13. The van der Waals surface area contributed by atoms with Gasteiger partial charge >= 0.3 is 0 Å². The number of hydrogen-bond donors (Lipinski definition) is 2. The van der Waals surface area contributed by atoms with Crippen LogP contribution < -0.4 is 10.6 Å². The summed E-state index contributed by atoms with van der Waals surface area (Å²) in [6.07, 6.45) is 7.50. The Morgan fingerprint density at radius 1 is 1.10 bits per heavy atom. The Morgan fingerprint density at radius 2 is 1.90 bits per heavy atom. The van der Waals surface area contributed by atoms with E-state index >= 15 is 0 Å². The highest BCUT2D eigenvalue weighted by Crippen LogP contribution is 2.38. The molecule has 4 fully saturated rings. The average molecular weight is 409 g/mol. The molecular formula is C23H41FN4O. The second-order valence-electron chi connectivity index (χ2n) is 10.4. The van der Waals surface area contributed by atoms with Crippen LogP contribution in [0.1, 0.15) is 58.3 Å². The van der Waals surface area contributed by atoms with Gasteiger partial charge in [-0.25, -0.2) is 4.39 Å². The highest BCUT2D eigenvalue weighted by atomic mass is 19.1. The molecule has 2 aliphatic heterocycles. The normalized spacial score (nSPS) is 41.8. The van der Waals surface area contributed by atoms with Crippen molar-refractivity contribution in [3.63, 3.8) is 0 Å². The Hall–Kier alpha value is -0.720. The summed E-state index contributed by atoms with van der Waals surface area (Å²) >= 11 is 0. The van der Waals surface area contributed by atoms with Crippen LogP contribution in [0.25, 0.3) is 0 Å². The van der Waals surface area contributed by atoms with E-state index in [2.05, 4.69) is 34.4 Å². The number of carbonyl (C=O) groups excluding carboxylic acids is 1. The standard InChI is InChI=1S/C23H41FN4O/c1-16-6-7-20(24)19-15-21(26-22(16)19)23(29)25-18-5-3-4-17(14-18)8-9-28-12-10-27(2)11-13-28/h16-22,26H,3-15H2,1-2H3,(H,25,29). The molecule has 2 saturated heterocycles. The summed E-state index contributed by atoms with van der Waals surface area (Å²) in [6.45, 7) is 8.13. The van der Waals surface area contributed by atoms with Crippen molar-refractivity contribution in [3.05, 3.63) is 0 Å². The smallest absolute Gasteiger partial charge is 0.237 e. The van der Waals surface area contributed by atoms with Gasteiger partial charge in [0.05, 0.1) is 6.04 Å². The number of amides is 1. The Balaban J connectivity index is 1.21. The molecule has 29 heavy (non-hydrogen) atoms. The van der Waals surface area contributed by atoms with E-state index in [-0.39, 0.29) is 23.9 Å². The van der Waals surface area contributed by atoms with E-state index in [9.17, 15) is 9.18 Å². The molecule has 1 amide bonds. The van der Waals surface area contributed by atoms with Gasteiger partial charge in [0.25, 0.3) is 0 Å². The van der Waals surface area contributed by atoms with Gasteiger partial charge in [0.2, 0.25) is 5.91 Å². The van der Waals surface area contributed by atoms with Crippen molar-refractivity contribution in [2.75, 3.05) is 39.8 Å². The molecule has 0 aromatic rings. The summed E-state index contributed by atoms with van der Waals surface area (Å²) in [5, 5.41) is 6.81. The lowest BCUT2D eigenvalue weighted by molar-refractivity contribution is -0.124. The maximum Gasteiger partial charge on any atom is 0.237 e. The Bertz CT molecular complexity index is 535. The first kappa shape index (κ1) is 21.5. The Labute approximate surface area is 176 Å². The number of fused-ring (bicyclic) bond motifs is 1. The molecule has 6 heteroatoms. The molecule has 5 nitrogen and oxygen atoms in total. The van der Waals surface area contributed by atoms with E-state index in [0.717, 1.165) is 25.2 Å². The van der Waals surface area contributed by atoms with Gasteiger partial charge < -0.3 is 20.4 Å². The second-order valence-corrected chi connectivity index (χ2v) is 10.4. The lowest BCUT2D eigenvalue weighted by Crippen LogP contribution is -2.49. The van der Waals surface area contributed by atoms with Gasteiger partial charge in [-0.15, -0.1) is 0 Å². The molecule has 2 N–H and O–H groups in total. The van der Waals surface area contributed by atoms with Crippen molar-refractivity contribution in [1.29, 1.82) is 0 Å². The largest absolute Gasteiger partial charge is 0.352 e. The molecule has 7 atom stereocenters. The van der Waals surface area contributed by atoms with Crippen LogP contribution >= 0.6 is 0 Å². The first-order chi connectivity index (χ1) is 14.0. The zero-order valence-electron chi connectivity index (χ0n) is 18.4. The van der Waals surface area contributed by atoms with Crippen LogP contribution in [0.2, 0.25) is 0 Å². The van der Waals surface area contributed by atoms with Gasteiger partial charge in [0, 0.05) is 44.2 Å². The molecule has 0 spiro atoms. The number of halogens is 1.